The van der Waals surface area contributed by atoms with Gasteiger partial charge in [-0.15, -0.1) is 12.4 Å². The third-order valence-electron chi connectivity index (χ3n) is 2.49. The summed E-state index contributed by atoms with van der Waals surface area (Å²) in [6.07, 6.45) is 1.80. The SMILES string of the molecule is Cc1nn(C)cc1NCc1cc(F)ccc1F.Cl. The summed E-state index contributed by atoms with van der Waals surface area (Å²) in [5, 5.41) is 7.18. The molecular formula is C12H14ClF2N3. The summed E-state index contributed by atoms with van der Waals surface area (Å²) in [6, 6.07) is 3.42. The number of rotatable bonds is 3. The van der Waals surface area contributed by atoms with Gasteiger partial charge >= 0.3 is 0 Å². The van der Waals surface area contributed by atoms with Gasteiger partial charge in [0.2, 0.25) is 0 Å². The first-order valence-corrected chi connectivity index (χ1v) is 5.24. The highest BCUT2D eigenvalue weighted by Gasteiger charge is 2.06. The first kappa shape index (κ1) is 14.4. The lowest BCUT2D eigenvalue weighted by Crippen LogP contribution is -2.02. The number of halogens is 3. The zero-order chi connectivity index (χ0) is 12.4. The minimum atomic E-state index is -0.439. The topological polar surface area (TPSA) is 29.9 Å². The van der Waals surface area contributed by atoms with Gasteiger partial charge in [-0.05, 0) is 25.1 Å². The zero-order valence-corrected chi connectivity index (χ0v) is 10.9. The van der Waals surface area contributed by atoms with Gasteiger partial charge in [-0.3, -0.25) is 4.68 Å². The highest BCUT2D eigenvalue weighted by atomic mass is 35.5. The van der Waals surface area contributed by atoms with Gasteiger partial charge in [-0.25, -0.2) is 8.78 Å². The molecule has 0 atom stereocenters. The van der Waals surface area contributed by atoms with Gasteiger partial charge in [-0.2, -0.15) is 5.10 Å². The van der Waals surface area contributed by atoms with Crippen molar-refractivity contribution in [3.63, 3.8) is 0 Å². The second-order valence-corrected chi connectivity index (χ2v) is 3.89. The molecule has 0 unspecified atom stereocenters. The number of hydrogen-bond donors (Lipinski definition) is 1. The number of anilines is 1. The van der Waals surface area contributed by atoms with E-state index in [1.807, 2.05) is 6.92 Å². The molecule has 0 saturated carbocycles. The minimum absolute atomic E-state index is 0. The van der Waals surface area contributed by atoms with Crippen molar-refractivity contribution in [2.75, 3.05) is 5.32 Å². The van der Waals surface area contributed by atoms with Crippen molar-refractivity contribution in [2.45, 2.75) is 13.5 Å². The first-order chi connectivity index (χ1) is 8.06. The van der Waals surface area contributed by atoms with Crippen molar-refractivity contribution in [3.8, 4) is 0 Å². The van der Waals surface area contributed by atoms with E-state index in [9.17, 15) is 8.78 Å². The molecule has 18 heavy (non-hydrogen) atoms. The summed E-state index contributed by atoms with van der Waals surface area (Å²) >= 11 is 0. The summed E-state index contributed by atoms with van der Waals surface area (Å²) < 4.78 is 28.0. The Morgan fingerprint density at radius 3 is 2.67 bits per heavy atom. The predicted octanol–water partition coefficient (Wildman–Crippen LogP) is 3.04. The van der Waals surface area contributed by atoms with E-state index >= 15 is 0 Å². The second kappa shape index (κ2) is 5.82. The summed E-state index contributed by atoms with van der Waals surface area (Å²) in [4.78, 5) is 0. The van der Waals surface area contributed by atoms with Crippen LogP contribution in [0.5, 0.6) is 0 Å². The van der Waals surface area contributed by atoms with E-state index in [0.717, 1.165) is 23.5 Å². The fourth-order valence-electron chi connectivity index (χ4n) is 1.64. The van der Waals surface area contributed by atoms with E-state index in [2.05, 4.69) is 10.4 Å². The minimum Gasteiger partial charge on any atom is -0.378 e. The maximum atomic E-state index is 13.4. The lowest BCUT2D eigenvalue weighted by Gasteiger charge is -2.06. The van der Waals surface area contributed by atoms with Crippen molar-refractivity contribution in [2.24, 2.45) is 7.05 Å². The van der Waals surface area contributed by atoms with Gasteiger partial charge in [0.15, 0.2) is 0 Å². The molecule has 0 fully saturated rings. The smallest absolute Gasteiger partial charge is 0.128 e. The Morgan fingerprint density at radius 1 is 1.33 bits per heavy atom. The van der Waals surface area contributed by atoms with Gasteiger partial charge < -0.3 is 5.32 Å². The molecule has 2 aromatic rings. The van der Waals surface area contributed by atoms with Crippen LogP contribution >= 0.6 is 12.4 Å². The standard InChI is InChI=1S/C12H13F2N3.ClH/c1-8-12(7-17(2)16-8)15-6-9-5-10(13)3-4-11(9)14;/h3-5,7,15H,6H2,1-2H3;1H. The summed E-state index contributed by atoms with van der Waals surface area (Å²) in [6.45, 7) is 2.08. The fraction of sp³-hybridized carbons (Fsp3) is 0.250. The highest BCUT2D eigenvalue weighted by molar-refractivity contribution is 5.85. The van der Waals surface area contributed by atoms with Gasteiger partial charge in [0.1, 0.15) is 11.6 Å². The number of aryl methyl sites for hydroxylation is 2. The average Bonchev–Trinajstić information content (AvgIpc) is 2.59. The second-order valence-electron chi connectivity index (χ2n) is 3.89. The number of aromatic nitrogens is 2. The van der Waals surface area contributed by atoms with E-state index in [0.29, 0.717) is 5.56 Å². The van der Waals surface area contributed by atoms with Crippen LogP contribution in [-0.4, -0.2) is 9.78 Å². The van der Waals surface area contributed by atoms with Crippen LogP contribution in [0.2, 0.25) is 0 Å². The Labute approximate surface area is 110 Å². The van der Waals surface area contributed by atoms with Crippen LogP contribution in [-0.2, 0) is 13.6 Å². The Balaban J connectivity index is 0.00000162. The van der Waals surface area contributed by atoms with Gasteiger partial charge in [0, 0.05) is 25.4 Å². The molecular weight excluding hydrogens is 260 g/mol. The quantitative estimate of drug-likeness (QED) is 0.932. The molecule has 0 aliphatic carbocycles. The highest BCUT2D eigenvalue weighted by Crippen LogP contribution is 2.15. The molecule has 1 aromatic heterocycles. The van der Waals surface area contributed by atoms with E-state index in [4.69, 9.17) is 0 Å². The third kappa shape index (κ3) is 3.20. The maximum absolute atomic E-state index is 13.4. The lowest BCUT2D eigenvalue weighted by molar-refractivity contribution is 0.587. The fourth-order valence-corrected chi connectivity index (χ4v) is 1.64. The Kier molecular flexibility index (Phi) is 4.67. The summed E-state index contributed by atoms with van der Waals surface area (Å²) in [5.41, 5.74) is 1.94. The molecule has 0 aliphatic rings. The van der Waals surface area contributed by atoms with Crippen LogP contribution in [0.15, 0.2) is 24.4 Å². The van der Waals surface area contributed by atoms with Gasteiger partial charge in [0.25, 0.3) is 0 Å². The molecule has 2 rings (SSSR count). The molecule has 0 bridgehead atoms. The number of nitrogens with one attached hydrogen (secondary N) is 1. The number of nitrogens with zero attached hydrogens (tertiary/aromatic N) is 2. The largest absolute Gasteiger partial charge is 0.378 e. The van der Waals surface area contributed by atoms with Crippen LogP contribution in [0.25, 0.3) is 0 Å². The van der Waals surface area contributed by atoms with E-state index < -0.39 is 11.6 Å². The Hall–Kier alpha value is -1.62. The molecule has 0 aliphatic heterocycles. The van der Waals surface area contributed by atoms with E-state index in [1.165, 1.54) is 6.07 Å². The molecule has 1 N–H and O–H groups in total. The molecule has 0 saturated heterocycles. The van der Waals surface area contributed by atoms with E-state index in [1.54, 1.807) is 17.9 Å². The van der Waals surface area contributed by atoms with Crippen molar-refractivity contribution in [1.82, 2.24) is 9.78 Å². The van der Waals surface area contributed by atoms with Gasteiger partial charge in [0.05, 0.1) is 11.4 Å². The van der Waals surface area contributed by atoms with Crippen molar-refractivity contribution < 1.29 is 8.78 Å². The van der Waals surface area contributed by atoms with Crippen molar-refractivity contribution in [3.05, 3.63) is 47.3 Å². The van der Waals surface area contributed by atoms with Crippen LogP contribution in [0.1, 0.15) is 11.3 Å². The van der Waals surface area contributed by atoms with Crippen molar-refractivity contribution in [1.29, 1.82) is 0 Å². The molecule has 98 valence electrons. The lowest BCUT2D eigenvalue weighted by atomic mass is 10.2. The number of hydrogen-bond acceptors (Lipinski definition) is 2. The third-order valence-corrected chi connectivity index (χ3v) is 2.49. The summed E-state index contributed by atoms with van der Waals surface area (Å²) in [5.74, 6) is -0.855. The van der Waals surface area contributed by atoms with Crippen LogP contribution in [0, 0.1) is 18.6 Å². The molecule has 3 nitrogen and oxygen atoms in total. The monoisotopic (exact) mass is 273 g/mol. The molecule has 6 heteroatoms. The van der Waals surface area contributed by atoms with Crippen LogP contribution < -0.4 is 5.32 Å². The summed E-state index contributed by atoms with van der Waals surface area (Å²) in [7, 11) is 1.81. The predicted molar refractivity (Wildman–Crippen MR) is 68.9 cm³/mol. The molecule has 1 aromatic carbocycles. The molecule has 0 spiro atoms. The average molecular weight is 274 g/mol. The molecule has 0 amide bonds. The maximum Gasteiger partial charge on any atom is 0.128 e. The molecule has 1 heterocycles. The molecule has 0 radical (unpaired) electrons. The Bertz CT molecular complexity index is 540. The Morgan fingerprint density at radius 2 is 2.06 bits per heavy atom. The van der Waals surface area contributed by atoms with E-state index in [-0.39, 0.29) is 19.0 Å². The first-order valence-electron chi connectivity index (χ1n) is 5.24. The zero-order valence-electron chi connectivity index (χ0n) is 10.1. The van der Waals surface area contributed by atoms with Gasteiger partial charge in [-0.1, -0.05) is 0 Å². The van der Waals surface area contributed by atoms with Crippen LogP contribution in [0.4, 0.5) is 14.5 Å². The van der Waals surface area contributed by atoms with Crippen molar-refractivity contribution >= 4 is 18.1 Å². The number of benzene rings is 1. The normalized spacial score (nSPS) is 10.0. The van der Waals surface area contributed by atoms with Crippen LogP contribution in [0.3, 0.4) is 0 Å².